The van der Waals surface area contributed by atoms with E-state index in [-0.39, 0.29) is 17.8 Å². The van der Waals surface area contributed by atoms with Crippen molar-refractivity contribution in [2.75, 3.05) is 6.61 Å². The Bertz CT molecular complexity index is 709. The van der Waals surface area contributed by atoms with Crippen LogP contribution in [0.5, 0.6) is 0 Å². The van der Waals surface area contributed by atoms with Gasteiger partial charge >= 0.3 is 5.97 Å². The number of hydrogen-bond donors (Lipinski definition) is 4. The zero-order valence-electron chi connectivity index (χ0n) is 16.9. The monoisotopic (exact) mass is 426 g/mol. The van der Waals surface area contributed by atoms with Crippen molar-refractivity contribution in [1.82, 2.24) is 0 Å². The summed E-state index contributed by atoms with van der Waals surface area (Å²) in [6.45, 7) is 5.32. The molecule has 2 saturated carbocycles. The zero-order valence-corrected chi connectivity index (χ0v) is 16.9. The fraction of sp³-hybridized carbons (Fsp3) is 0.810. The van der Waals surface area contributed by atoms with Gasteiger partial charge in [0.1, 0.15) is 36.8 Å². The molecule has 0 radical (unpaired) electrons. The molecule has 2 aliphatic heterocycles. The minimum Gasteiger partial charge on any atom is -0.458 e. The SMILES string of the molecule is C=C1C(=O)O[C@@H]2[C@H]3[C@H](C=O)CC[C@@H](O[C@H]4O[C@H](CO)[C@@H](O)[C@H](O)[C@H]4O)[C@]3(C)CC[C@@H]12. The molecular formula is C21H30O9. The van der Waals surface area contributed by atoms with Crippen LogP contribution < -0.4 is 0 Å². The summed E-state index contributed by atoms with van der Waals surface area (Å²) in [4.78, 5) is 24.0. The summed E-state index contributed by atoms with van der Waals surface area (Å²) < 4.78 is 17.3. The van der Waals surface area contributed by atoms with Crippen LogP contribution in [0.1, 0.15) is 32.6 Å². The smallest absolute Gasteiger partial charge is 0.334 e. The highest BCUT2D eigenvalue weighted by Gasteiger charge is 2.61. The third-order valence-electron chi connectivity index (χ3n) is 7.74. The Morgan fingerprint density at radius 1 is 1.20 bits per heavy atom. The first-order chi connectivity index (χ1) is 14.2. The van der Waals surface area contributed by atoms with Crippen molar-refractivity contribution in [3.63, 3.8) is 0 Å². The number of aliphatic hydroxyl groups is 4. The molecule has 4 N–H and O–H groups in total. The number of carbonyl (C=O) groups is 2. The van der Waals surface area contributed by atoms with Crippen LogP contribution in [0.4, 0.5) is 0 Å². The van der Waals surface area contributed by atoms with E-state index in [0.717, 1.165) is 6.29 Å². The molecule has 4 fully saturated rings. The maximum atomic E-state index is 12.1. The van der Waals surface area contributed by atoms with Gasteiger partial charge in [0.05, 0.1) is 12.7 Å². The summed E-state index contributed by atoms with van der Waals surface area (Å²) in [5, 5.41) is 39.9. The second-order valence-corrected chi connectivity index (χ2v) is 9.27. The third kappa shape index (κ3) is 3.23. The van der Waals surface area contributed by atoms with E-state index in [2.05, 4.69) is 6.58 Å². The van der Waals surface area contributed by atoms with Crippen molar-refractivity contribution in [2.24, 2.45) is 23.2 Å². The predicted octanol–water partition coefficient (Wildman–Crippen LogP) is -0.705. The summed E-state index contributed by atoms with van der Waals surface area (Å²) in [6.07, 6.45) is -4.34. The van der Waals surface area contributed by atoms with E-state index in [9.17, 15) is 30.0 Å². The van der Waals surface area contributed by atoms with Crippen LogP contribution in [0.3, 0.4) is 0 Å². The Morgan fingerprint density at radius 2 is 1.93 bits per heavy atom. The molecule has 0 amide bonds. The molecule has 168 valence electrons. The molecule has 2 aliphatic carbocycles. The summed E-state index contributed by atoms with van der Waals surface area (Å²) >= 11 is 0. The Hall–Kier alpha value is -1.36. The number of aldehydes is 1. The Kier molecular flexibility index (Phi) is 5.80. The Labute approximate surface area is 174 Å². The molecule has 4 rings (SSSR count). The quantitative estimate of drug-likeness (QED) is 0.260. The van der Waals surface area contributed by atoms with Gasteiger partial charge in [-0.3, -0.25) is 0 Å². The fourth-order valence-electron chi connectivity index (χ4n) is 5.98. The average Bonchev–Trinajstić information content (AvgIpc) is 3.02. The largest absolute Gasteiger partial charge is 0.458 e. The summed E-state index contributed by atoms with van der Waals surface area (Å²) in [6, 6.07) is 0. The van der Waals surface area contributed by atoms with Gasteiger partial charge in [0.15, 0.2) is 6.29 Å². The third-order valence-corrected chi connectivity index (χ3v) is 7.74. The molecule has 11 atom stereocenters. The molecule has 0 bridgehead atoms. The second-order valence-electron chi connectivity index (χ2n) is 9.27. The highest BCUT2D eigenvalue weighted by Crippen LogP contribution is 2.58. The van der Waals surface area contributed by atoms with Crippen molar-refractivity contribution < 1.29 is 44.2 Å². The topological polar surface area (TPSA) is 143 Å². The first-order valence-corrected chi connectivity index (χ1v) is 10.5. The number of esters is 1. The van der Waals surface area contributed by atoms with Gasteiger partial charge in [-0.15, -0.1) is 0 Å². The highest BCUT2D eigenvalue weighted by atomic mass is 16.7. The first-order valence-electron chi connectivity index (χ1n) is 10.5. The van der Waals surface area contributed by atoms with Gasteiger partial charge in [0, 0.05) is 28.7 Å². The number of aliphatic hydroxyl groups excluding tert-OH is 4. The van der Waals surface area contributed by atoms with Crippen molar-refractivity contribution >= 4 is 12.3 Å². The lowest BCUT2D eigenvalue weighted by Crippen LogP contribution is -2.62. The molecule has 0 spiro atoms. The maximum Gasteiger partial charge on any atom is 0.334 e. The normalized spacial score (nSPS) is 51.1. The molecule has 2 saturated heterocycles. The van der Waals surface area contributed by atoms with Crippen LogP contribution in [0.15, 0.2) is 12.2 Å². The molecule has 4 aliphatic rings. The van der Waals surface area contributed by atoms with Gasteiger partial charge in [0.2, 0.25) is 0 Å². The summed E-state index contributed by atoms with van der Waals surface area (Å²) in [5.74, 6) is -1.10. The van der Waals surface area contributed by atoms with E-state index < -0.39 is 60.9 Å². The van der Waals surface area contributed by atoms with Crippen molar-refractivity contribution in [2.45, 2.75) is 75.5 Å². The number of ether oxygens (including phenoxy) is 3. The Balaban J connectivity index is 1.59. The van der Waals surface area contributed by atoms with Gasteiger partial charge < -0.3 is 39.4 Å². The summed E-state index contributed by atoms with van der Waals surface area (Å²) in [7, 11) is 0. The number of carbonyl (C=O) groups excluding carboxylic acids is 2. The van der Waals surface area contributed by atoms with E-state index in [1.807, 2.05) is 6.92 Å². The molecule has 0 unspecified atom stereocenters. The zero-order chi connectivity index (χ0) is 21.8. The highest BCUT2D eigenvalue weighted by molar-refractivity contribution is 5.91. The van der Waals surface area contributed by atoms with Crippen LogP contribution in [-0.2, 0) is 23.8 Å². The number of rotatable bonds is 4. The minimum absolute atomic E-state index is 0.121. The van der Waals surface area contributed by atoms with Crippen molar-refractivity contribution in [1.29, 1.82) is 0 Å². The van der Waals surface area contributed by atoms with E-state index in [1.165, 1.54) is 0 Å². The van der Waals surface area contributed by atoms with Crippen LogP contribution in [0, 0.1) is 23.2 Å². The van der Waals surface area contributed by atoms with Gasteiger partial charge in [-0.1, -0.05) is 13.5 Å². The predicted molar refractivity (Wildman–Crippen MR) is 101 cm³/mol. The van der Waals surface area contributed by atoms with E-state index in [0.29, 0.717) is 31.3 Å². The van der Waals surface area contributed by atoms with Crippen LogP contribution in [-0.4, -0.2) is 82.2 Å². The number of hydrogen-bond acceptors (Lipinski definition) is 9. The lowest BCUT2D eigenvalue weighted by molar-refractivity contribution is -0.328. The van der Waals surface area contributed by atoms with Gasteiger partial charge in [0.25, 0.3) is 0 Å². The molecular weight excluding hydrogens is 396 g/mol. The molecule has 0 aromatic rings. The van der Waals surface area contributed by atoms with Gasteiger partial charge in [-0.25, -0.2) is 4.79 Å². The maximum absolute atomic E-state index is 12.1. The van der Waals surface area contributed by atoms with E-state index >= 15 is 0 Å². The standard InChI is InChI=1S/C21H30O9/c1-9-11-5-6-21(2)13(4-3-10(7-22)14(21)18(11)30-19(9)27)29-20-17(26)16(25)15(24)12(8-23)28-20/h7,10-18,20,23-26H,1,3-6,8H2,2H3/t10-,11-,12+,13+,14+,15+,16-,17+,18-,20+,21-/m0/s1. The van der Waals surface area contributed by atoms with Gasteiger partial charge in [-0.05, 0) is 25.7 Å². The molecule has 2 heterocycles. The molecule has 30 heavy (non-hydrogen) atoms. The van der Waals surface area contributed by atoms with E-state index in [1.54, 1.807) is 0 Å². The second kappa shape index (κ2) is 7.96. The average molecular weight is 426 g/mol. The van der Waals surface area contributed by atoms with E-state index in [4.69, 9.17) is 14.2 Å². The lowest BCUT2D eigenvalue weighted by Gasteiger charge is -2.56. The minimum atomic E-state index is -1.52. The number of fused-ring (bicyclic) bond motifs is 3. The van der Waals surface area contributed by atoms with Crippen LogP contribution >= 0.6 is 0 Å². The lowest BCUT2D eigenvalue weighted by atomic mass is 9.52. The first kappa shape index (κ1) is 21.9. The molecule has 9 heteroatoms. The van der Waals surface area contributed by atoms with Crippen molar-refractivity contribution in [3.05, 3.63) is 12.2 Å². The fourth-order valence-corrected chi connectivity index (χ4v) is 5.98. The van der Waals surface area contributed by atoms with Crippen LogP contribution in [0.2, 0.25) is 0 Å². The van der Waals surface area contributed by atoms with Crippen molar-refractivity contribution in [3.8, 4) is 0 Å². The van der Waals surface area contributed by atoms with Crippen LogP contribution in [0.25, 0.3) is 0 Å². The van der Waals surface area contributed by atoms with Gasteiger partial charge in [-0.2, -0.15) is 0 Å². The molecule has 0 aromatic carbocycles. The summed E-state index contributed by atoms with van der Waals surface area (Å²) in [5.41, 5.74) is -0.0852. The Morgan fingerprint density at radius 3 is 2.60 bits per heavy atom. The molecule has 9 nitrogen and oxygen atoms in total. The molecule has 0 aromatic heterocycles.